The average Bonchev–Trinajstić information content (AvgIpc) is 2.58. The molecule has 0 amide bonds. The molecular weight excluding hydrogens is 352 g/mol. The van der Waals surface area contributed by atoms with Gasteiger partial charge in [-0.05, 0) is 36.8 Å². The molecule has 3 aromatic rings. The summed E-state index contributed by atoms with van der Waals surface area (Å²) in [7, 11) is -0.0261. The molecule has 0 saturated heterocycles. The smallest absolute Gasteiger partial charge is 0.169 e. The Morgan fingerprint density at radius 1 is 0.636 bits per heavy atom. The van der Waals surface area contributed by atoms with Crippen molar-refractivity contribution >= 4 is 10.9 Å². The summed E-state index contributed by atoms with van der Waals surface area (Å²) in [5, 5.41) is 0. The Bertz CT molecular complexity index is 656. The van der Waals surface area contributed by atoms with Gasteiger partial charge in [0.2, 0.25) is 0 Å². The first kappa shape index (κ1) is 16.9. The van der Waals surface area contributed by atoms with Crippen LogP contribution in [0.2, 0.25) is 0 Å². The minimum atomic E-state index is -0.0261. The standard InChI is InChI=1S/C20H19S.BrH/c1-2-17-11-9-10-16-20(17)21(18-12-5-3-6-13-18)19-14-7-4-8-15-19;/h3-16H,2H2,1H3;1H/q+1;/p-1. The number of aryl methyl sites for hydroxylation is 1. The topological polar surface area (TPSA) is 0 Å². The lowest BCUT2D eigenvalue weighted by molar-refractivity contribution is -0.00000421. The SMILES string of the molecule is CCc1ccccc1[S+](c1ccccc1)c1ccccc1.[Br-]. The van der Waals surface area contributed by atoms with E-state index in [0.29, 0.717) is 0 Å². The first-order valence-electron chi connectivity index (χ1n) is 7.32. The van der Waals surface area contributed by atoms with Crippen molar-refractivity contribution in [2.45, 2.75) is 28.0 Å². The Hall–Kier alpha value is -1.51. The van der Waals surface area contributed by atoms with Gasteiger partial charge in [-0.15, -0.1) is 0 Å². The quantitative estimate of drug-likeness (QED) is 0.618. The second-order valence-corrected chi connectivity index (χ2v) is 6.89. The first-order chi connectivity index (χ1) is 10.4. The predicted octanol–water partition coefficient (Wildman–Crippen LogP) is 2.35. The van der Waals surface area contributed by atoms with Crippen LogP contribution in [0.5, 0.6) is 0 Å². The van der Waals surface area contributed by atoms with Gasteiger partial charge in [-0.2, -0.15) is 0 Å². The highest BCUT2D eigenvalue weighted by molar-refractivity contribution is 7.97. The Kier molecular flexibility index (Phi) is 6.29. The third-order valence-electron chi connectivity index (χ3n) is 3.53. The van der Waals surface area contributed by atoms with E-state index < -0.39 is 0 Å². The van der Waals surface area contributed by atoms with Gasteiger partial charge in [-0.1, -0.05) is 61.5 Å². The number of halogens is 1. The largest absolute Gasteiger partial charge is 1.00 e. The number of hydrogen-bond acceptors (Lipinski definition) is 0. The fraction of sp³-hybridized carbons (Fsp3) is 0.100. The molecule has 2 heteroatoms. The van der Waals surface area contributed by atoms with E-state index in [1.165, 1.54) is 20.2 Å². The lowest BCUT2D eigenvalue weighted by Crippen LogP contribution is -3.00. The van der Waals surface area contributed by atoms with Crippen molar-refractivity contribution in [2.75, 3.05) is 0 Å². The van der Waals surface area contributed by atoms with Gasteiger partial charge in [-0.25, -0.2) is 0 Å². The third-order valence-corrected chi connectivity index (χ3v) is 5.86. The fourth-order valence-corrected chi connectivity index (χ4v) is 4.83. The molecule has 3 aromatic carbocycles. The Balaban J connectivity index is 0.00000176. The lowest BCUT2D eigenvalue weighted by Gasteiger charge is -2.10. The summed E-state index contributed by atoms with van der Waals surface area (Å²) in [5.41, 5.74) is 1.44. The second-order valence-electron chi connectivity index (χ2n) is 4.89. The molecule has 0 heterocycles. The molecule has 3 rings (SSSR count). The van der Waals surface area contributed by atoms with Gasteiger partial charge in [0.25, 0.3) is 0 Å². The minimum Gasteiger partial charge on any atom is -1.00 e. The van der Waals surface area contributed by atoms with Gasteiger partial charge >= 0.3 is 0 Å². The molecule has 112 valence electrons. The number of rotatable bonds is 4. The van der Waals surface area contributed by atoms with Crippen LogP contribution >= 0.6 is 0 Å². The number of benzene rings is 3. The van der Waals surface area contributed by atoms with Crippen LogP contribution < -0.4 is 17.0 Å². The molecular formula is C20H19BrS. The summed E-state index contributed by atoms with van der Waals surface area (Å²) in [6.45, 7) is 2.23. The molecule has 0 nitrogen and oxygen atoms in total. The van der Waals surface area contributed by atoms with Crippen LogP contribution in [0.1, 0.15) is 12.5 Å². The van der Waals surface area contributed by atoms with E-state index in [0.717, 1.165) is 6.42 Å². The maximum Gasteiger partial charge on any atom is 0.169 e. The molecule has 0 radical (unpaired) electrons. The van der Waals surface area contributed by atoms with Crippen LogP contribution in [0.4, 0.5) is 0 Å². The van der Waals surface area contributed by atoms with Crippen molar-refractivity contribution in [3.63, 3.8) is 0 Å². The Morgan fingerprint density at radius 2 is 1.09 bits per heavy atom. The van der Waals surface area contributed by atoms with E-state index in [-0.39, 0.29) is 27.9 Å². The highest BCUT2D eigenvalue weighted by Gasteiger charge is 2.29. The summed E-state index contributed by atoms with van der Waals surface area (Å²) in [6.07, 6.45) is 1.07. The molecule has 0 atom stereocenters. The Labute approximate surface area is 146 Å². The van der Waals surface area contributed by atoms with Crippen molar-refractivity contribution in [3.05, 3.63) is 90.5 Å². The normalized spacial score (nSPS) is 10.3. The van der Waals surface area contributed by atoms with Gasteiger partial charge in [0, 0.05) is 5.56 Å². The summed E-state index contributed by atoms with van der Waals surface area (Å²) >= 11 is 0. The van der Waals surface area contributed by atoms with Crippen molar-refractivity contribution < 1.29 is 17.0 Å². The first-order valence-corrected chi connectivity index (χ1v) is 8.55. The van der Waals surface area contributed by atoms with Gasteiger partial charge in [0.1, 0.15) is 0 Å². The zero-order valence-corrected chi connectivity index (χ0v) is 15.0. The number of hydrogen-bond donors (Lipinski definition) is 0. The van der Waals surface area contributed by atoms with Crippen molar-refractivity contribution in [2.24, 2.45) is 0 Å². The highest BCUT2D eigenvalue weighted by atomic mass is 79.9. The Morgan fingerprint density at radius 3 is 1.59 bits per heavy atom. The van der Waals surface area contributed by atoms with Gasteiger partial charge in [0.05, 0.1) is 10.9 Å². The van der Waals surface area contributed by atoms with Gasteiger partial charge in [-0.3, -0.25) is 0 Å². The molecule has 0 aliphatic carbocycles. The molecule has 0 spiro atoms. The van der Waals surface area contributed by atoms with Crippen LogP contribution in [-0.2, 0) is 17.3 Å². The highest BCUT2D eigenvalue weighted by Crippen LogP contribution is 2.33. The van der Waals surface area contributed by atoms with Crippen molar-refractivity contribution in [1.82, 2.24) is 0 Å². The average molecular weight is 371 g/mol. The van der Waals surface area contributed by atoms with Crippen molar-refractivity contribution in [3.8, 4) is 0 Å². The van der Waals surface area contributed by atoms with Gasteiger partial charge < -0.3 is 17.0 Å². The molecule has 0 aliphatic rings. The molecule has 0 N–H and O–H groups in total. The molecule has 0 unspecified atom stereocenters. The molecule has 0 saturated carbocycles. The lowest BCUT2D eigenvalue weighted by atomic mass is 10.2. The van der Waals surface area contributed by atoms with Crippen LogP contribution in [-0.4, -0.2) is 0 Å². The third kappa shape index (κ3) is 3.63. The predicted molar refractivity (Wildman–Crippen MR) is 90.9 cm³/mol. The van der Waals surface area contributed by atoms with Gasteiger partial charge in [0.15, 0.2) is 14.7 Å². The van der Waals surface area contributed by atoms with E-state index in [4.69, 9.17) is 0 Å². The minimum absolute atomic E-state index is 0. The van der Waals surface area contributed by atoms with Crippen LogP contribution in [0.3, 0.4) is 0 Å². The molecule has 22 heavy (non-hydrogen) atoms. The van der Waals surface area contributed by atoms with Crippen LogP contribution in [0.25, 0.3) is 0 Å². The van der Waals surface area contributed by atoms with E-state index in [2.05, 4.69) is 91.9 Å². The molecule has 0 aliphatic heterocycles. The maximum atomic E-state index is 2.28. The molecule has 0 aromatic heterocycles. The summed E-state index contributed by atoms with van der Waals surface area (Å²) in [5.74, 6) is 0. The van der Waals surface area contributed by atoms with E-state index >= 15 is 0 Å². The zero-order chi connectivity index (χ0) is 14.5. The molecule has 0 fully saturated rings. The second kappa shape index (κ2) is 8.21. The fourth-order valence-electron chi connectivity index (χ4n) is 2.50. The monoisotopic (exact) mass is 370 g/mol. The summed E-state index contributed by atoms with van der Waals surface area (Å²) < 4.78 is 0. The van der Waals surface area contributed by atoms with E-state index in [1.54, 1.807) is 0 Å². The zero-order valence-electron chi connectivity index (χ0n) is 12.6. The maximum absolute atomic E-state index is 2.28. The van der Waals surface area contributed by atoms with Crippen LogP contribution in [0.15, 0.2) is 99.6 Å². The van der Waals surface area contributed by atoms with Crippen LogP contribution in [0, 0.1) is 0 Å². The van der Waals surface area contributed by atoms with E-state index in [1.807, 2.05) is 0 Å². The molecule has 0 bridgehead atoms. The summed E-state index contributed by atoms with van der Waals surface area (Å²) in [6, 6.07) is 30.5. The summed E-state index contributed by atoms with van der Waals surface area (Å²) in [4.78, 5) is 4.20. The van der Waals surface area contributed by atoms with E-state index in [9.17, 15) is 0 Å². The van der Waals surface area contributed by atoms with Crippen molar-refractivity contribution in [1.29, 1.82) is 0 Å².